The van der Waals surface area contributed by atoms with Gasteiger partial charge in [0.05, 0.1) is 17.8 Å². The van der Waals surface area contributed by atoms with E-state index in [1.165, 1.54) is 0 Å². The molecule has 0 saturated carbocycles. The summed E-state index contributed by atoms with van der Waals surface area (Å²) < 4.78 is 5.98. The van der Waals surface area contributed by atoms with Crippen molar-refractivity contribution in [3.63, 3.8) is 0 Å². The van der Waals surface area contributed by atoms with Gasteiger partial charge < -0.3 is 10.5 Å². The van der Waals surface area contributed by atoms with Crippen molar-refractivity contribution in [2.75, 3.05) is 5.73 Å². The molecule has 20 heavy (non-hydrogen) atoms. The molecule has 1 aromatic carbocycles. The minimum absolute atomic E-state index is 0.148. The summed E-state index contributed by atoms with van der Waals surface area (Å²) in [6.45, 7) is 7.24. The molecular formula is C14H17BrN2O3. The zero-order valence-corrected chi connectivity index (χ0v) is 13.5. The summed E-state index contributed by atoms with van der Waals surface area (Å²) in [6, 6.07) is 1.78. The quantitative estimate of drug-likeness (QED) is 0.736. The predicted molar refractivity (Wildman–Crippen MR) is 79.4 cm³/mol. The standard InChI is InChI=1S/C14H17BrN2O3/c1-7-5-9(15)11(16)8-6-17(12(18)10(7)8)13(19)20-14(2,3)4/h5H,6,16H2,1-4H3. The molecule has 0 unspecified atom stereocenters. The number of nitrogen functional groups attached to an aromatic ring is 1. The van der Waals surface area contributed by atoms with Gasteiger partial charge in [-0.25, -0.2) is 9.69 Å². The van der Waals surface area contributed by atoms with E-state index in [4.69, 9.17) is 10.5 Å². The van der Waals surface area contributed by atoms with Crippen molar-refractivity contribution in [1.29, 1.82) is 0 Å². The van der Waals surface area contributed by atoms with Gasteiger partial charge in [-0.15, -0.1) is 0 Å². The van der Waals surface area contributed by atoms with Crippen LogP contribution in [0.15, 0.2) is 10.5 Å². The first kappa shape index (κ1) is 14.8. The van der Waals surface area contributed by atoms with E-state index in [2.05, 4.69) is 15.9 Å². The minimum Gasteiger partial charge on any atom is -0.443 e. The van der Waals surface area contributed by atoms with Crippen molar-refractivity contribution in [3.8, 4) is 0 Å². The van der Waals surface area contributed by atoms with Crippen LogP contribution in [0.2, 0.25) is 0 Å². The molecule has 0 aliphatic carbocycles. The van der Waals surface area contributed by atoms with Gasteiger partial charge >= 0.3 is 6.09 Å². The fourth-order valence-corrected chi connectivity index (χ4v) is 2.73. The Labute approximate surface area is 126 Å². The average molecular weight is 341 g/mol. The predicted octanol–water partition coefficient (Wildman–Crippen LogP) is 3.23. The number of nitrogens with two attached hydrogens (primary N) is 1. The maximum atomic E-state index is 12.4. The molecule has 5 nitrogen and oxygen atoms in total. The summed E-state index contributed by atoms with van der Waals surface area (Å²) in [4.78, 5) is 25.5. The molecule has 1 aliphatic rings. The van der Waals surface area contributed by atoms with E-state index in [1.54, 1.807) is 26.8 Å². The normalized spacial score (nSPS) is 14.4. The van der Waals surface area contributed by atoms with Gasteiger partial charge in [-0.05, 0) is 55.3 Å². The number of anilines is 1. The first-order chi connectivity index (χ1) is 9.11. The van der Waals surface area contributed by atoms with Gasteiger partial charge in [0.25, 0.3) is 5.91 Å². The Balaban J connectivity index is 2.37. The topological polar surface area (TPSA) is 72.6 Å². The number of carbonyl (C=O) groups is 2. The van der Waals surface area contributed by atoms with Crippen LogP contribution >= 0.6 is 15.9 Å². The van der Waals surface area contributed by atoms with Crippen LogP contribution in [0.25, 0.3) is 0 Å². The second kappa shape index (κ2) is 4.77. The highest BCUT2D eigenvalue weighted by atomic mass is 79.9. The molecule has 6 heteroatoms. The summed E-state index contributed by atoms with van der Waals surface area (Å²) in [5.74, 6) is -0.356. The molecule has 0 saturated heterocycles. The van der Waals surface area contributed by atoms with Crippen LogP contribution in [0.5, 0.6) is 0 Å². The lowest BCUT2D eigenvalue weighted by Gasteiger charge is -2.23. The van der Waals surface area contributed by atoms with Crippen LogP contribution in [-0.2, 0) is 11.3 Å². The smallest absolute Gasteiger partial charge is 0.417 e. The first-order valence-corrected chi connectivity index (χ1v) is 7.03. The molecule has 1 aromatic rings. The molecule has 2 rings (SSSR count). The zero-order chi connectivity index (χ0) is 15.2. The van der Waals surface area contributed by atoms with E-state index >= 15 is 0 Å². The molecule has 0 radical (unpaired) electrons. The minimum atomic E-state index is -0.646. The number of rotatable bonds is 0. The van der Waals surface area contributed by atoms with Crippen molar-refractivity contribution < 1.29 is 14.3 Å². The summed E-state index contributed by atoms with van der Waals surface area (Å²) >= 11 is 3.35. The summed E-state index contributed by atoms with van der Waals surface area (Å²) in [6.07, 6.45) is -0.645. The lowest BCUT2D eigenvalue weighted by Crippen LogP contribution is -2.37. The highest BCUT2D eigenvalue weighted by Crippen LogP contribution is 2.36. The summed E-state index contributed by atoms with van der Waals surface area (Å²) in [5, 5.41) is 0. The molecule has 0 aromatic heterocycles. The van der Waals surface area contributed by atoms with Gasteiger partial charge in [-0.2, -0.15) is 0 Å². The number of fused-ring (bicyclic) bond motifs is 1. The number of halogens is 1. The largest absolute Gasteiger partial charge is 0.443 e. The van der Waals surface area contributed by atoms with E-state index in [9.17, 15) is 9.59 Å². The van der Waals surface area contributed by atoms with Crippen molar-refractivity contribution in [3.05, 3.63) is 27.2 Å². The molecule has 1 heterocycles. The molecule has 0 fully saturated rings. The van der Waals surface area contributed by atoms with E-state index in [0.717, 1.165) is 14.9 Å². The third-order valence-electron chi connectivity index (χ3n) is 3.01. The Kier molecular flexibility index (Phi) is 3.54. The first-order valence-electron chi connectivity index (χ1n) is 6.24. The fourth-order valence-electron chi connectivity index (χ4n) is 2.15. The van der Waals surface area contributed by atoms with Gasteiger partial charge in [0.1, 0.15) is 5.60 Å². The number of benzene rings is 1. The molecule has 108 valence electrons. The van der Waals surface area contributed by atoms with Gasteiger partial charge in [0.2, 0.25) is 0 Å². The van der Waals surface area contributed by atoms with E-state index in [-0.39, 0.29) is 12.5 Å². The van der Waals surface area contributed by atoms with Gasteiger partial charge in [-0.1, -0.05) is 0 Å². The monoisotopic (exact) mass is 340 g/mol. The Morgan fingerprint density at radius 3 is 2.60 bits per heavy atom. The lowest BCUT2D eigenvalue weighted by molar-refractivity contribution is 0.0248. The van der Waals surface area contributed by atoms with E-state index < -0.39 is 11.7 Å². The van der Waals surface area contributed by atoms with Crippen molar-refractivity contribution >= 4 is 33.6 Å². The lowest BCUT2D eigenvalue weighted by atomic mass is 10.0. The molecule has 1 aliphatic heterocycles. The second-order valence-corrected chi connectivity index (χ2v) is 6.67. The van der Waals surface area contributed by atoms with Crippen LogP contribution in [0.4, 0.5) is 10.5 Å². The number of carbonyl (C=O) groups excluding carboxylic acids is 2. The Morgan fingerprint density at radius 2 is 2.05 bits per heavy atom. The van der Waals surface area contributed by atoms with Crippen molar-refractivity contribution in [2.45, 2.75) is 39.8 Å². The number of amides is 2. The Morgan fingerprint density at radius 1 is 1.45 bits per heavy atom. The van der Waals surface area contributed by atoms with Crippen molar-refractivity contribution in [2.24, 2.45) is 0 Å². The van der Waals surface area contributed by atoms with Gasteiger partial charge in [0.15, 0.2) is 0 Å². The molecule has 2 N–H and O–H groups in total. The third-order valence-corrected chi connectivity index (χ3v) is 3.67. The van der Waals surface area contributed by atoms with Crippen LogP contribution < -0.4 is 5.73 Å². The number of imide groups is 1. The number of hydrogen-bond acceptors (Lipinski definition) is 4. The highest BCUT2D eigenvalue weighted by Gasteiger charge is 2.37. The molecule has 2 amide bonds. The Hall–Kier alpha value is -1.56. The number of nitrogens with zero attached hydrogens (tertiary/aromatic N) is 1. The summed E-state index contributed by atoms with van der Waals surface area (Å²) in [5.41, 5.74) is 7.78. The molecule has 0 spiro atoms. The maximum Gasteiger partial charge on any atom is 0.417 e. The van der Waals surface area contributed by atoms with E-state index in [0.29, 0.717) is 16.8 Å². The second-order valence-electron chi connectivity index (χ2n) is 5.81. The Bertz CT molecular complexity index is 605. The van der Waals surface area contributed by atoms with E-state index in [1.807, 2.05) is 6.92 Å². The molecule has 0 bridgehead atoms. The van der Waals surface area contributed by atoms with Gasteiger partial charge in [-0.3, -0.25) is 4.79 Å². The third kappa shape index (κ3) is 2.52. The zero-order valence-electron chi connectivity index (χ0n) is 11.9. The molecule has 0 atom stereocenters. The fraction of sp³-hybridized carbons (Fsp3) is 0.429. The number of hydrogen-bond donors (Lipinski definition) is 1. The van der Waals surface area contributed by atoms with Crippen LogP contribution in [0.3, 0.4) is 0 Å². The maximum absolute atomic E-state index is 12.4. The van der Waals surface area contributed by atoms with Crippen molar-refractivity contribution in [1.82, 2.24) is 4.90 Å². The average Bonchev–Trinajstić information content (AvgIpc) is 2.62. The van der Waals surface area contributed by atoms with Gasteiger partial charge in [0, 0.05) is 10.0 Å². The summed E-state index contributed by atoms with van der Waals surface area (Å²) in [7, 11) is 0. The highest BCUT2D eigenvalue weighted by molar-refractivity contribution is 9.10. The van der Waals surface area contributed by atoms with Crippen LogP contribution in [-0.4, -0.2) is 22.5 Å². The van der Waals surface area contributed by atoms with Crippen LogP contribution in [0.1, 0.15) is 42.3 Å². The number of ether oxygens (including phenoxy) is 1. The van der Waals surface area contributed by atoms with Crippen LogP contribution in [0, 0.1) is 6.92 Å². The SMILES string of the molecule is Cc1cc(Br)c(N)c2c1C(=O)N(C(=O)OC(C)(C)C)C2. The number of aryl methyl sites for hydroxylation is 1. The molecular weight excluding hydrogens is 324 g/mol.